The molecule has 0 radical (unpaired) electrons. The highest BCUT2D eigenvalue weighted by atomic mass is 16.6. The molecule has 2 saturated heterocycles. The monoisotopic (exact) mass is 266 g/mol. The molecule has 0 bridgehead atoms. The van der Waals surface area contributed by atoms with Gasteiger partial charge < -0.3 is 9.47 Å². The van der Waals surface area contributed by atoms with E-state index < -0.39 is 35.7 Å². The lowest BCUT2D eigenvalue weighted by Gasteiger charge is -2.36. The quantitative estimate of drug-likeness (QED) is 0.505. The van der Waals surface area contributed by atoms with Gasteiger partial charge >= 0.3 is 23.9 Å². The maximum atomic E-state index is 11.7. The first-order chi connectivity index (χ1) is 8.99. The van der Waals surface area contributed by atoms with Crippen molar-refractivity contribution in [3.8, 4) is 0 Å². The molecule has 0 aromatic rings. The minimum Gasteiger partial charge on any atom is -0.393 e. The van der Waals surface area contributed by atoms with Crippen molar-refractivity contribution in [3.05, 3.63) is 0 Å². The number of hydrogen-bond donors (Lipinski definition) is 0. The summed E-state index contributed by atoms with van der Waals surface area (Å²) in [6.45, 7) is 1.84. The van der Waals surface area contributed by atoms with Gasteiger partial charge in [0.25, 0.3) is 0 Å². The van der Waals surface area contributed by atoms with Crippen molar-refractivity contribution >= 4 is 23.9 Å². The second-order valence-corrected chi connectivity index (χ2v) is 5.58. The fraction of sp³-hybridized carbons (Fsp3) is 0.692. The summed E-state index contributed by atoms with van der Waals surface area (Å²) in [4.78, 5) is 46.0. The van der Waals surface area contributed by atoms with Gasteiger partial charge in [0.15, 0.2) is 0 Å². The number of carbonyl (C=O) groups is 4. The third kappa shape index (κ3) is 1.77. The lowest BCUT2D eigenvalue weighted by molar-refractivity contribution is -0.156. The zero-order chi connectivity index (χ0) is 13.7. The molecular weight excluding hydrogens is 252 g/mol. The van der Waals surface area contributed by atoms with Crippen LogP contribution in [0.5, 0.6) is 0 Å². The van der Waals surface area contributed by atoms with Crippen molar-refractivity contribution in [1.29, 1.82) is 0 Å². The van der Waals surface area contributed by atoms with E-state index >= 15 is 0 Å². The van der Waals surface area contributed by atoms with E-state index in [2.05, 4.69) is 9.47 Å². The normalized spacial score (nSPS) is 42.1. The molecule has 2 aliphatic heterocycles. The van der Waals surface area contributed by atoms with Gasteiger partial charge in [-0.1, -0.05) is 6.92 Å². The van der Waals surface area contributed by atoms with E-state index in [0.717, 1.165) is 0 Å². The molecule has 1 saturated carbocycles. The average Bonchev–Trinajstić information content (AvgIpc) is 2.81. The molecule has 6 heteroatoms. The highest BCUT2D eigenvalue weighted by Crippen LogP contribution is 2.47. The SMILES string of the molecule is CC1C(C2CC(=O)OC2=O)CCC2C(=O)OC(=O)C21. The van der Waals surface area contributed by atoms with Crippen molar-refractivity contribution in [2.24, 2.45) is 29.6 Å². The Morgan fingerprint density at radius 3 is 2.21 bits per heavy atom. The zero-order valence-electron chi connectivity index (χ0n) is 10.5. The Labute approximate surface area is 109 Å². The molecule has 0 amide bonds. The van der Waals surface area contributed by atoms with E-state index in [-0.39, 0.29) is 24.2 Å². The second kappa shape index (κ2) is 4.15. The molecule has 0 N–H and O–H groups in total. The summed E-state index contributed by atoms with van der Waals surface area (Å²) in [5.41, 5.74) is 0. The van der Waals surface area contributed by atoms with Crippen LogP contribution in [0.4, 0.5) is 0 Å². The van der Waals surface area contributed by atoms with E-state index in [1.54, 1.807) is 0 Å². The Morgan fingerprint density at radius 1 is 0.895 bits per heavy atom. The maximum Gasteiger partial charge on any atom is 0.317 e. The van der Waals surface area contributed by atoms with Gasteiger partial charge in [0.2, 0.25) is 0 Å². The van der Waals surface area contributed by atoms with Crippen molar-refractivity contribution < 1.29 is 28.7 Å². The molecule has 3 fully saturated rings. The summed E-state index contributed by atoms with van der Waals surface area (Å²) < 4.78 is 9.25. The first-order valence-corrected chi connectivity index (χ1v) is 6.49. The molecule has 3 rings (SSSR count). The van der Waals surface area contributed by atoms with Crippen molar-refractivity contribution in [2.45, 2.75) is 26.2 Å². The summed E-state index contributed by atoms with van der Waals surface area (Å²) in [5.74, 6) is -3.55. The van der Waals surface area contributed by atoms with Crippen LogP contribution in [0.15, 0.2) is 0 Å². The van der Waals surface area contributed by atoms with Gasteiger partial charge in [0.05, 0.1) is 24.2 Å². The Balaban J connectivity index is 1.83. The number of hydrogen-bond acceptors (Lipinski definition) is 6. The molecule has 0 aromatic carbocycles. The number of esters is 4. The van der Waals surface area contributed by atoms with Gasteiger partial charge in [-0.15, -0.1) is 0 Å². The molecule has 2 heterocycles. The molecule has 3 aliphatic rings. The van der Waals surface area contributed by atoms with E-state index in [0.29, 0.717) is 12.8 Å². The van der Waals surface area contributed by atoms with Gasteiger partial charge in [-0.3, -0.25) is 19.2 Å². The largest absolute Gasteiger partial charge is 0.393 e. The number of ether oxygens (including phenoxy) is 2. The van der Waals surface area contributed by atoms with E-state index in [4.69, 9.17) is 0 Å². The molecule has 19 heavy (non-hydrogen) atoms. The predicted molar refractivity (Wildman–Crippen MR) is 59.2 cm³/mol. The lowest BCUT2D eigenvalue weighted by atomic mass is 9.64. The van der Waals surface area contributed by atoms with Crippen LogP contribution in [-0.4, -0.2) is 23.9 Å². The molecule has 5 atom stereocenters. The Bertz CT molecular complexity index is 482. The van der Waals surface area contributed by atoms with Gasteiger partial charge in [-0.05, 0) is 24.7 Å². The van der Waals surface area contributed by atoms with Crippen molar-refractivity contribution in [3.63, 3.8) is 0 Å². The van der Waals surface area contributed by atoms with Gasteiger partial charge in [-0.25, -0.2) is 0 Å². The fourth-order valence-corrected chi connectivity index (χ4v) is 3.72. The molecule has 102 valence electrons. The van der Waals surface area contributed by atoms with Crippen LogP contribution in [0.2, 0.25) is 0 Å². The molecule has 5 unspecified atom stereocenters. The Hall–Kier alpha value is -1.72. The van der Waals surface area contributed by atoms with Crippen LogP contribution < -0.4 is 0 Å². The molecule has 1 aliphatic carbocycles. The van der Waals surface area contributed by atoms with Gasteiger partial charge in [-0.2, -0.15) is 0 Å². The zero-order valence-corrected chi connectivity index (χ0v) is 10.5. The van der Waals surface area contributed by atoms with Crippen LogP contribution in [-0.2, 0) is 28.7 Å². The van der Waals surface area contributed by atoms with Crippen molar-refractivity contribution in [1.82, 2.24) is 0 Å². The molecule has 0 aromatic heterocycles. The predicted octanol–water partition coefficient (Wildman–Crippen LogP) is 0.438. The smallest absolute Gasteiger partial charge is 0.317 e. The van der Waals surface area contributed by atoms with Crippen LogP contribution in [0.3, 0.4) is 0 Å². The number of cyclic esters (lactones) is 4. The molecular formula is C13H14O6. The Morgan fingerprint density at radius 2 is 1.58 bits per heavy atom. The molecule has 6 nitrogen and oxygen atoms in total. The molecule has 0 spiro atoms. The van der Waals surface area contributed by atoms with Crippen LogP contribution in [0.25, 0.3) is 0 Å². The first-order valence-electron chi connectivity index (χ1n) is 6.49. The number of fused-ring (bicyclic) bond motifs is 1. The van der Waals surface area contributed by atoms with Crippen LogP contribution >= 0.6 is 0 Å². The van der Waals surface area contributed by atoms with Crippen LogP contribution in [0.1, 0.15) is 26.2 Å². The highest BCUT2D eigenvalue weighted by Gasteiger charge is 2.54. The average molecular weight is 266 g/mol. The van der Waals surface area contributed by atoms with E-state index in [1.807, 2.05) is 6.92 Å². The number of carbonyl (C=O) groups excluding carboxylic acids is 4. The lowest BCUT2D eigenvalue weighted by Crippen LogP contribution is -2.39. The summed E-state index contributed by atoms with van der Waals surface area (Å²) in [6.07, 6.45) is 1.24. The minimum atomic E-state index is -0.505. The third-order valence-electron chi connectivity index (χ3n) is 4.68. The third-order valence-corrected chi connectivity index (χ3v) is 4.68. The fourth-order valence-electron chi connectivity index (χ4n) is 3.72. The first kappa shape index (κ1) is 12.3. The standard InChI is InChI=1S/C13H14O6/c1-5-6(8-4-9(14)18-12(8)16)2-3-7-10(5)13(17)19-11(7)15/h5-8,10H,2-4H2,1H3. The maximum absolute atomic E-state index is 11.7. The Kier molecular flexibility index (Phi) is 2.69. The summed E-state index contributed by atoms with van der Waals surface area (Å²) in [5, 5.41) is 0. The highest BCUT2D eigenvalue weighted by molar-refractivity contribution is 5.97. The minimum absolute atomic E-state index is 0.0776. The second-order valence-electron chi connectivity index (χ2n) is 5.58. The van der Waals surface area contributed by atoms with Crippen molar-refractivity contribution in [2.75, 3.05) is 0 Å². The van der Waals surface area contributed by atoms with Crippen LogP contribution in [0, 0.1) is 29.6 Å². The number of rotatable bonds is 1. The topological polar surface area (TPSA) is 86.7 Å². The summed E-state index contributed by atoms with van der Waals surface area (Å²) in [6, 6.07) is 0. The van der Waals surface area contributed by atoms with E-state index in [1.165, 1.54) is 0 Å². The summed E-state index contributed by atoms with van der Waals surface area (Å²) in [7, 11) is 0. The van der Waals surface area contributed by atoms with Gasteiger partial charge in [0.1, 0.15) is 0 Å². The van der Waals surface area contributed by atoms with E-state index in [9.17, 15) is 19.2 Å². The summed E-state index contributed by atoms with van der Waals surface area (Å²) >= 11 is 0. The van der Waals surface area contributed by atoms with Gasteiger partial charge in [0, 0.05) is 0 Å².